The van der Waals surface area contributed by atoms with Crippen molar-refractivity contribution in [3.63, 3.8) is 0 Å². The van der Waals surface area contributed by atoms with Crippen LogP contribution in [0.4, 0.5) is 0 Å². The molecule has 1 aromatic heterocycles. The average molecular weight is 182 g/mol. The number of nitrogens with one attached hydrogen (secondary N) is 1. The number of carbonyl (C=O) groups excluding carboxylic acids is 1. The Hall–Kier alpha value is -1.32. The molecule has 4 nitrogen and oxygen atoms in total. The fourth-order valence-electron chi connectivity index (χ4n) is 0.958. The highest BCUT2D eigenvalue weighted by Gasteiger charge is 2.04. The molecule has 0 aromatic carbocycles. The minimum atomic E-state index is 0.0476. The molecular formula is C9H14N2O2. The van der Waals surface area contributed by atoms with E-state index in [2.05, 4.69) is 10.3 Å². The second-order valence-corrected chi connectivity index (χ2v) is 3.34. The summed E-state index contributed by atoms with van der Waals surface area (Å²) in [6.07, 6.45) is 3.49. The minimum absolute atomic E-state index is 0.0476. The third-order valence-corrected chi connectivity index (χ3v) is 1.54. The molecule has 0 spiro atoms. The lowest BCUT2D eigenvalue weighted by molar-refractivity contribution is -0.122. The quantitative estimate of drug-likeness (QED) is 0.764. The zero-order valence-electron chi connectivity index (χ0n) is 7.91. The summed E-state index contributed by atoms with van der Waals surface area (Å²) in [5.74, 6) is 1.11. The van der Waals surface area contributed by atoms with Crippen LogP contribution < -0.4 is 5.32 Å². The standard InChI is InChI=1S/C9H14N2O2/c1-7(2)3-9(12)11-5-8-4-10-6-13-8/h4,6-7H,3,5H2,1-2H3,(H,11,12). The largest absolute Gasteiger partial charge is 0.447 e. The van der Waals surface area contributed by atoms with Crippen molar-refractivity contribution in [2.45, 2.75) is 26.8 Å². The number of oxazole rings is 1. The Morgan fingerprint density at radius 1 is 1.69 bits per heavy atom. The fourth-order valence-corrected chi connectivity index (χ4v) is 0.958. The van der Waals surface area contributed by atoms with Crippen LogP contribution in [0, 0.1) is 5.92 Å². The van der Waals surface area contributed by atoms with E-state index in [1.54, 1.807) is 6.20 Å². The first-order valence-corrected chi connectivity index (χ1v) is 4.32. The van der Waals surface area contributed by atoms with Crippen molar-refractivity contribution < 1.29 is 9.21 Å². The predicted octanol–water partition coefficient (Wildman–Crippen LogP) is 1.34. The van der Waals surface area contributed by atoms with Crippen molar-refractivity contribution in [2.75, 3.05) is 0 Å². The molecular weight excluding hydrogens is 168 g/mol. The summed E-state index contributed by atoms with van der Waals surface area (Å²) in [5, 5.41) is 2.74. The smallest absolute Gasteiger partial charge is 0.220 e. The van der Waals surface area contributed by atoms with Crippen LogP contribution in [0.2, 0.25) is 0 Å². The lowest BCUT2D eigenvalue weighted by Gasteiger charge is -2.04. The van der Waals surface area contributed by atoms with E-state index >= 15 is 0 Å². The first-order valence-electron chi connectivity index (χ1n) is 4.32. The van der Waals surface area contributed by atoms with Gasteiger partial charge in [-0.05, 0) is 5.92 Å². The van der Waals surface area contributed by atoms with Gasteiger partial charge in [0, 0.05) is 6.42 Å². The van der Waals surface area contributed by atoms with Crippen LogP contribution in [0.15, 0.2) is 17.0 Å². The summed E-state index contributed by atoms with van der Waals surface area (Å²) >= 11 is 0. The Kier molecular flexibility index (Phi) is 3.49. The van der Waals surface area contributed by atoms with Crippen molar-refractivity contribution in [3.05, 3.63) is 18.4 Å². The minimum Gasteiger partial charge on any atom is -0.447 e. The zero-order valence-corrected chi connectivity index (χ0v) is 7.91. The Morgan fingerprint density at radius 3 is 3.00 bits per heavy atom. The molecule has 0 atom stereocenters. The Balaban J connectivity index is 2.23. The summed E-state index contributed by atoms with van der Waals surface area (Å²) in [6, 6.07) is 0. The maximum absolute atomic E-state index is 11.2. The summed E-state index contributed by atoms with van der Waals surface area (Å²) in [4.78, 5) is 14.9. The first kappa shape index (κ1) is 9.77. The summed E-state index contributed by atoms with van der Waals surface area (Å²) in [5.41, 5.74) is 0. The Bertz CT molecular complexity index is 255. The molecule has 0 bridgehead atoms. The van der Waals surface area contributed by atoms with Gasteiger partial charge in [-0.3, -0.25) is 4.79 Å². The molecule has 0 unspecified atom stereocenters. The molecule has 1 amide bonds. The monoisotopic (exact) mass is 182 g/mol. The van der Waals surface area contributed by atoms with Crippen molar-refractivity contribution in [1.82, 2.24) is 10.3 Å². The molecule has 1 heterocycles. The van der Waals surface area contributed by atoms with Gasteiger partial charge in [0.2, 0.25) is 5.91 Å². The molecule has 4 heteroatoms. The van der Waals surface area contributed by atoms with Gasteiger partial charge in [0.25, 0.3) is 0 Å². The fraction of sp³-hybridized carbons (Fsp3) is 0.556. The molecule has 0 aliphatic rings. The van der Waals surface area contributed by atoms with E-state index in [0.29, 0.717) is 24.6 Å². The van der Waals surface area contributed by atoms with Gasteiger partial charge >= 0.3 is 0 Å². The molecule has 0 aliphatic heterocycles. The Labute approximate surface area is 77.3 Å². The summed E-state index contributed by atoms with van der Waals surface area (Å²) < 4.78 is 4.96. The highest BCUT2D eigenvalue weighted by atomic mass is 16.3. The third kappa shape index (κ3) is 3.73. The third-order valence-electron chi connectivity index (χ3n) is 1.54. The van der Waals surface area contributed by atoms with Crippen LogP contribution in [0.25, 0.3) is 0 Å². The SMILES string of the molecule is CC(C)CC(=O)NCc1cnco1. The van der Waals surface area contributed by atoms with Crippen molar-refractivity contribution in [1.29, 1.82) is 0 Å². The summed E-state index contributed by atoms with van der Waals surface area (Å²) in [6.45, 7) is 4.44. The van der Waals surface area contributed by atoms with E-state index in [9.17, 15) is 4.79 Å². The molecule has 0 saturated heterocycles. The first-order chi connectivity index (χ1) is 6.18. The van der Waals surface area contributed by atoms with Crippen LogP contribution in [0.3, 0.4) is 0 Å². The predicted molar refractivity (Wildman–Crippen MR) is 47.8 cm³/mol. The van der Waals surface area contributed by atoms with E-state index < -0.39 is 0 Å². The zero-order chi connectivity index (χ0) is 9.68. The van der Waals surface area contributed by atoms with Crippen LogP contribution in [-0.4, -0.2) is 10.9 Å². The second-order valence-electron chi connectivity index (χ2n) is 3.34. The molecule has 0 fully saturated rings. The van der Waals surface area contributed by atoms with Crippen LogP contribution in [0.5, 0.6) is 0 Å². The highest BCUT2D eigenvalue weighted by Crippen LogP contribution is 2.00. The maximum Gasteiger partial charge on any atom is 0.220 e. The van der Waals surface area contributed by atoms with Gasteiger partial charge in [-0.25, -0.2) is 4.98 Å². The second kappa shape index (κ2) is 4.64. The number of rotatable bonds is 4. The van der Waals surface area contributed by atoms with Crippen LogP contribution in [0.1, 0.15) is 26.0 Å². The number of hydrogen-bond donors (Lipinski definition) is 1. The lowest BCUT2D eigenvalue weighted by Crippen LogP contribution is -2.23. The molecule has 1 aromatic rings. The van der Waals surface area contributed by atoms with Gasteiger partial charge < -0.3 is 9.73 Å². The van der Waals surface area contributed by atoms with Crippen LogP contribution >= 0.6 is 0 Å². The van der Waals surface area contributed by atoms with E-state index in [0.717, 1.165) is 0 Å². The van der Waals surface area contributed by atoms with E-state index in [1.807, 2.05) is 13.8 Å². The normalized spacial score (nSPS) is 10.4. The van der Waals surface area contributed by atoms with Gasteiger partial charge in [-0.1, -0.05) is 13.8 Å². The molecule has 0 saturated carbocycles. The van der Waals surface area contributed by atoms with Crippen LogP contribution in [-0.2, 0) is 11.3 Å². The molecule has 1 rings (SSSR count). The average Bonchev–Trinajstić information content (AvgIpc) is 2.51. The number of hydrogen-bond acceptors (Lipinski definition) is 3. The van der Waals surface area contributed by atoms with Gasteiger partial charge in [-0.2, -0.15) is 0 Å². The maximum atomic E-state index is 11.2. The van der Waals surface area contributed by atoms with Gasteiger partial charge in [0.05, 0.1) is 12.7 Å². The summed E-state index contributed by atoms with van der Waals surface area (Å²) in [7, 11) is 0. The molecule has 0 aliphatic carbocycles. The molecule has 0 radical (unpaired) electrons. The van der Waals surface area contributed by atoms with E-state index in [1.165, 1.54) is 6.39 Å². The molecule has 1 N–H and O–H groups in total. The number of nitrogens with zero attached hydrogens (tertiary/aromatic N) is 1. The van der Waals surface area contributed by atoms with Gasteiger partial charge in [0.15, 0.2) is 6.39 Å². The molecule has 72 valence electrons. The molecule has 13 heavy (non-hydrogen) atoms. The van der Waals surface area contributed by atoms with E-state index in [4.69, 9.17) is 4.42 Å². The Morgan fingerprint density at radius 2 is 2.46 bits per heavy atom. The number of amides is 1. The van der Waals surface area contributed by atoms with Gasteiger partial charge in [0.1, 0.15) is 5.76 Å². The van der Waals surface area contributed by atoms with Crippen molar-refractivity contribution >= 4 is 5.91 Å². The van der Waals surface area contributed by atoms with Crippen molar-refractivity contribution in [3.8, 4) is 0 Å². The van der Waals surface area contributed by atoms with E-state index in [-0.39, 0.29) is 5.91 Å². The number of carbonyl (C=O) groups is 1. The number of aromatic nitrogens is 1. The van der Waals surface area contributed by atoms with Gasteiger partial charge in [-0.15, -0.1) is 0 Å². The van der Waals surface area contributed by atoms with Crippen molar-refractivity contribution in [2.24, 2.45) is 5.92 Å². The lowest BCUT2D eigenvalue weighted by atomic mass is 10.1. The highest BCUT2D eigenvalue weighted by molar-refractivity contribution is 5.75. The topological polar surface area (TPSA) is 55.1 Å².